The Kier molecular flexibility index (Phi) is 21.4. The van der Waals surface area contributed by atoms with E-state index >= 15 is 0 Å². The maximum absolute atomic E-state index is 8.13. The molecular weight excluding hydrogens is 161 g/mol. The van der Waals surface area contributed by atoms with Crippen LogP contribution in [0.5, 0.6) is 0 Å². The summed E-state index contributed by atoms with van der Waals surface area (Å²) in [6, 6.07) is 0. The van der Waals surface area contributed by atoms with Gasteiger partial charge in [-0.05, 0) is 6.54 Å². The molecule has 0 spiro atoms. The predicted molar refractivity (Wildman–Crippen MR) is 42.2 cm³/mol. The number of hydrogen-bond donors (Lipinski definition) is 2. The predicted octanol–water partition coefficient (Wildman–Crippen LogP) is 1.01. The van der Waals surface area contributed by atoms with E-state index in [1.165, 1.54) is 0 Å². The summed E-state index contributed by atoms with van der Waals surface area (Å²) in [5, 5.41) is 11.3. The Hall–Kier alpha value is 0.500. The van der Waals surface area contributed by atoms with Gasteiger partial charge in [-0.1, -0.05) is 6.92 Å². The molecule has 2 nitrogen and oxygen atoms in total. The van der Waals surface area contributed by atoms with E-state index in [9.17, 15) is 0 Å². The van der Waals surface area contributed by atoms with Gasteiger partial charge in [-0.15, -0.1) is 23.2 Å². The standard InChI is InChI=1S/C4H11NO.CH2Cl2/c1-2-5-3-4-6;2-1-3/h5-6H,2-4H2,1H3;1H2. The van der Waals surface area contributed by atoms with E-state index in [4.69, 9.17) is 28.3 Å². The zero-order valence-electron chi connectivity index (χ0n) is 5.53. The highest BCUT2D eigenvalue weighted by molar-refractivity contribution is 6.40. The van der Waals surface area contributed by atoms with Gasteiger partial charge >= 0.3 is 0 Å². The zero-order valence-corrected chi connectivity index (χ0v) is 7.04. The molecule has 2 N–H and O–H groups in total. The second kappa shape index (κ2) is 15.8. The SMILES string of the molecule is CCNCCO.ClCCl. The summed E-state index contributed by atoms with van der Waals surface area (Å²) in [4.78, 5) is 0. The first-order valence-corrected chi connectivity index (χ1v) is 3.83. The molecule has 0 saturated heterocycles. The lowest BCUT2D eigenvalue weighted by Crippen LogP contribution is -2.16. The van der Waals surface area contributed by atoms with Crippen LogP contribution in [0.2, 0.25) is 0 Å². The number of aliphatic hydroxyl groups is 1. The highest BCUT2D eigenvalue weighted by Crippen LogP contribution is 1.73. The van der Waals surface area contributed by atoms with Crippen molar-refractivity contribution in [3.05, 3.63) is 0 Å². The molecule has 0 saturated carbocycles. The van der Waals surface area contributed by atoms with E-state index in [0.29, 0.717) is 0 Å². The largest absolute Gasteiger partial charge is 0.395 e. The van der Waals surface area contributed by atoms with Crippen LogP contribution in [0.1, 0.15) is 6.92 Å². The van der Waals surface area contributed by atoms with Crippen molar-refractivity contribution >= 4 is 23.2 Å². The second-order valence-electron chi connectivity index (χ2n) is 1.18. The van der Waals surface area contributed by atoms with Gasteiger partial charge in [-0.2, -0.15) is 0 Å². The van der Waals surface area contributed by atoms with E-state index in [1.807, 2.05) is 6.92 Å². The molecule has 0 amide bonds. The Morgan fingerprint density at radius 1 is 1.44 bits per heavy atom. The Labute approximate surface area is 66.2 Å². The molecule has 4 heteroatoms. The van der Waals surface area contributed by atoms with Crippen LogP contribution in [0.25, 0.3) is 0 Å². The second-order valence-corrected chi connectivity index (χ2v) is 1.99. The minimum atomic E-state index is 0.194. The molecule has 0 bridgehead atoms. The topological polar surface area (TPSA) is 32.3 Å². The number of nitrogens with one attached hydrogen (secondary N) is 1. The third-order valence-electron chi connectivity index (χ3n) is 0.539. The monoisotopic (exact) mass is 173 g/mol. The number of hydrogen-bond acceptors (Lipinski definition) is 2. The zero-order chi connectivity index (χ0) is 7.54. The average molecular weight is 174 g/mol. The van der Waals surface area contributed by atoms with Crippen LogP contribution < -0.4 is 5.32 Å². The summed E-state index contributed by atoms with van der Waals surface area (Å²) in [6.45, 7) is 3.92. The Balaban J connectivity index is 0. The van der Waals surface area contributed by atoms with Crippen LogP contribution in [-0.2, 0) is 0 Å². The molecule has 0 aromatic heterocycles. The summed E-state index contributed by atoms with van der Waals surface area (Å²) in [7, 11) is 0. The smallest absolute Gasteiger partial charge is 0.0967 e. The summed E-state index contributed by atoms with van der Waals surface area (Å²) < 4.78 is 0. The highest BCUT2D eigenvalue weighted by atomic mass is 35.5. The van der Waals surface area contributed by atoms with Gasteiger partial charge in [-0.3, -0.25) is 0 Å². The molecule has 0 aliphatic heterocycles. The molecular formula is C5H13Cl2NO. The van der Waals surface area contributed by atoms with Crippen molar-refractivity contribution in [1.29, 1.82) is 0 Å². The van der Waals surface area contributed by atoms with Gasteiger partial charge in [0.2, 0.25) is 0 Å². The first kappa shape index (κ1) is 12.2. The van der Waals surface area contributed by atoms with Crippen molar-refractivity contribution in [2.24, 2.45) is 0 Å². The molecule has 0 radical (unpaired) electrons. The van der Waals surface area contributed by atoms with Crippen LogP contribution in [0.4, 0.5) is 0 Å². The molecule has 0 rings (SSSR count). The van der Waals surface area contributed by atoms with Crippen LogP contribution in [0.15, 0.2) is 0 Å². The van der Waals surface area contributed by atoms with Crippen LogP contribution in [0.3, 0.4) is 0 Å². The Morgan fingerprint density at radius 2 is 1.89 bits per heavy atom. The summed E-state index contributed by atoms with van der Waals surface area (Å²) in [6.07, 6.45) is 0. The third-order valence-corrected chi connectivity index (χ3v) is 0.539. The third kappa shape index (κ3) is 29.3. The first-order valence-electron chi connectivity index (χ1n) is 2.76. The van der Waals surface area contributed by atoms with Crippen molar-refractivity contribution in [2.75, 3.05) is 25.0 Å². The van der Waals surface area contributed by atoms with Gasteiger partial charge in [0.25, 0.3) is 0 Å². The lowest BCUT2D eigenvalue weighted by Gasteiger charge is -1.91. The maximum Gasteiger partial charge on any atom is 0.0967 e. The van der Waals surface area contributed by atoms with Gasteiger partial charge in [0.15, 0.2) is 0 Å². The minimum Gasteiger partial charge on any atom is -0.395 e. The average Bonchev–Trinajstić information content (AvgIpc) is 1.86. The molecule has 0 unspecified atom stereocenters. The van der Waals surface area contributed by atoms with Crippen LogP contribution in [0, 0.1) is 0 Å². The van der Waals surface area contributed by atoms with E-state index in [2.05, 4.69) is 5.32 Å². The fraction of sp³-hybridized carbons (Fsp3) is 1.00. The minimum absolute atomic E-state index is 0.194. The van der Waals surface area contributed by atoms with Gasteiger partial charge in [0.05, 0.1) is 11.9 Å². The summed E-state index contributed by atoms with van der Waals surface area (Å²) >= 11 is 9.53. The van der Waals surface area contributed by atoms with E-state index < -0.39 is 0 Å². The van der Waals surface area contributed by atoms with Crippen molar-refractivity contribution in [3.8, 4) is 0 Å². The maximum atomic E-state index is 8.13. The molecule has 0 aromatic rings. The summed E-state index contributed by atoms with van der Waals surface area (Å²) in [5.74, 6) is 0. The molecule has 0 aliphatic carbocycles. The molecule has 0 heterocycles. The van der Waals surface area contributed by atoms with Crippen LogP contribution >= 0.6 is 23.2 Å². The van der Waals surface area contributed by atoms with Gasteiger partial charge in [0.1, 0.15) is 0 Å². The number of likely N-dealkylation sites (N-methyl/N-ethyl adjacent to an activating group) is 1. The number of alkyl halides is 2. The van der Waals surface area contributed by atoms with Crippen molar-refractivity contribution < 1.29 is 5.11 Å². The Bertz CT molecular complexity index is 34.1. The first-order chi connectivity index (χ1) is 4.33. The molecule has 0 atom stereocenters. The van der Waals surface area contributed by atoms with E-state index in [-0.39, 0.29) is 11.9 Å². The highest BCUT2D eigenvalue weighted by Gasteiger charge is 1.72. The van der Waals surface area contributed by atoms with Crippen molar-refractivity contribution in [1.82, 2.24) is 5.32 Å². The fourth-order valence-corrected chi connectivity index (χ4v) is 0.256. The molecule has 0 aliphatic rings. The lowest BCUT2D eigenvalue weighted by molar-refractivity contribution is 0.293. The molecule has 58 valence electrons. The normalized spacial score (nSPS) is 8.00. The van der Waals surface area contributed by atoms with Crippen molar-refractivity contribution in [3.63, 3.8) is 0 Å². The number of halogens is 2. The molecule has 0 aromatic carbocycles. The molecule has 9 heavy (non-hydrogen) atoms. The van der Waals surface area contributed by atoms with Crippen molar-refractivity contribution in [2.45, 2.75) is 6.92 Å². The summed E-state index contributed by atoms with van der Waals surface area (Å²) in [5.41, 5.74) is 0. The quantitative estimate of drug-likeness (QED) is 0.494. The number of aliphatic hydroxyl groups excluding tert-OH is 1. The fourth-order valence-electron chi connectivity index (χ4n) is 0.256. The molecule has 0 fully saturated rings. The lowest BCUT2D eigenvalue weighted by atomic mass is 10.6. The number of rotatable bonds is 3. The van der Waals surface area contributed by atoms with Gasteiger partial charge in [-0.25, -0.2) is 0 Å². The van der Waals surface area contributed by atoms with Crippen LogP contribution in [-0.4, -0.2) is 30.1 Å². The van der Waals surface area contributed by atoms with Gasteiger partial charge in [0, 0.05) is 6.54 Å². The Morgan fingerprint density at radius 3 is 2.00 bits per heavy atom. The van der Waals surface area contributed by atoms with E-state index in [0.717, 1.165) is 13.1 Å². The van der Waals surface area contributed by atoms with E-state index in [1.54, 1.807) is 0 Å². The van der Waals surface area contributed by atoms with Gasteiger partial charge < -0.3 is 10.4 Å².